The van der Waals surface area contributed by atoms with Crippen LogP contribution >= 0.6 is 0 Å². The first-order valence-electron chi connectivity index (χ1n) is 5.02. The van der Waals surface area contributed by atoms with Gasteiger partial charge in [-0.05, 0) is 12.1 Å². The second kappa shape index (κ2) is 6.59. The van der Waals surface area contributed by atoms with Crippen molar-refractivity contribution >= 4 is 10.1 Å². The van der Waals surface area contributed by atoms with Crippen LogP contribution in [0.3, 0.4) is 0 Å². The molecule has 90 valence electrons. The van der Waals surface area contributed by atoms with E-state index in [-0.39, 0.29) is 11.5 Å². The van der Waals surface area contributed by atoms with E-state index >= 15 is 0 Å². The highest BCUT2D eigenvalue weighted by Crippen LogP contribution is 2.10. The molecule has 1 aromatic carbocycles. The van der Waals surface area contributed by atoms with Crippen LogP contribution in [0.5, 0.6) is 0 Å². The summed E-state index contributed by atoms with van der Waals surface area (Å²) >= 11 is 0. The monoisotopic (exact) mass is 244 g/mol. The molecule has 0 heterocycles. The highest BCUT2D eigenvalue weighted by atomic mass is 32.2. The predicted molar refractivity (Wildman–Crippen MR) is 61.5 cm³/mol. The molecule has 0 unspecified atom stereocenters. The summed E-state index contributed by atoms with van der Waals surface area (Å²) in [5, 5.41) is 2.94. The van der Waals surface area contributed by atoms with E-state index in [4.69, 9.17) is 9.92 Å². The Labute approximate surface area is 95.7 Å². The minimum absolute atomic E-state index is 0.108. The molecule has 0 aliphatic carbocycles. The molecule has 0 fully saturated rings. The summed E-state index contributed by atoms with van der Waals surface area (Å²) < 4.78 is 28.0. The van der Waals surface area contributed by atoms with Crippen LogP contribution in [0.1, 0.15) is 0 Å². The summed E-state index contributed by atoms with van der Waals surface area (Å²) in [6.07, 6.45) is 0. The van der Waals surface area contributed by atoms with Crippen LogP contribution in [0.25, 0.3) is 0 Å². The molecule has 0 saturated heterocycles. The van der Waals surface area contributed by atoms with E-state index < -0.39 is 10.1 Å². The van der Waals surface area contributed by atoms with Crippen molar-refractivity contribution in [2.24, 2.45) is 5.73 Å². The highest BCUT2D eigenvalue weighted by molar-refractivity contribution is 7.86. The molecule has 0 atom stereocenters. The molecule has 0 saturated carbocycles. The first-order valence-corrected chi connectivity index (χ1v) is 6.43. The molecular weight excluding hydrogens is 228 g/mol. The zero-order chi connectivity index (χ0) is 11.9. The van der Waals surface area contributed by atoms with Crippen LogP contribution in [-0.4, -0.2) is 34.7 Å². The molecule has 0 radical (unpaired) electrons. The zero-order valence-electron chi connectivity index (χ0n) is 8.93. The quantitative estimate of drug-likeness (QED) is 0.519. The molecule has 3 N–H and O–H groups in total. The third kappa shape index (κ3) is 4.28. The molecule has 16 heavy (non-hydrogen) atoms. The second-order valence-corrected chi connectivity index (χ2v) is 4.74. The summed E-state index contributed by atoms with van der Waals surface area (Å²) in [5.74, 6) is 0. The van der Waals surface area contributed by atoms with E-state index in [9.17, 15) is 8.42 Å². The lowest BCUT2D eigenvalue weighted by molar-refractivity contribution is 0.315. The molecule has 1 rings (SSSR count). The maximum absolute atomic E-state index is 11.6. The average molecular weight is 244 g/mol. The Morgan fingerprint density at radius 1 is 1.19 bits per heavy atom. The Morgan fingerprint density at radius 2 is 1.88 bits per heavy atom. The van der Waals surface area contributed by atoms with Gasteiger partial charge in [-0.3, -0.25) is 4.18 Å². The third-order valence-corrected chi connectivity index (χ3v) is 3.20. The van der Waals surface area contributed by atoms with Crippen LogP contribution in [-0.2, 0) is 14.3 Å². The lowest BCUT2D eigenvalue weighted by Crippen LogP contribution is -2.26. The summed E-state index contributed by atoms with van der Waals surface area (Å²) in [7, 11) is -3.62. The maximum atomic E-state index is 11.6. The van der Waals surface area contributed by atoms with Crippen molar-refractivity contribution in [1.82, 2.24) is 5.32 Å². The SMILES string of the molecule is NCCNCCOS(=O)(=O)c1ccccc1. The van der Waals surface area contributed by atoms with Crippen LogP contribution in [0, 0.1) is 0 Å². The van der Waals surface area contributed by atoms with Gasteiger partial charge in [-0.1, -0.05) is 18.2 Å². The topological polar surface area (TPSA) is 81.4 Å². The number of nitrogens with one attached hydrogen (secondary N) is 1. The Hall–Kier alpha value is -0.950. The first-order chi connectivity index (χ1) is 7.67. The first kappa shape index (κ1) is 13.1. The van der Waals surface area contributed by atoms with Gasteiger partial charge in [-0.25, -0.2) is 0 Å². The Bertz CT molecular complexity index is 392. The molecule has 0 aromatic heterocycles. The fourth-order valence-electron chi connectivity index (χ4n) is 1.11. The third-order valence-electron chi connectivity index (χ3n) is 1.87. The fourth-order valence-corrected chi connectivity index (χ4v) is 2.04. The highest BCUT2D eigenvalue weighted by Gasteiger charge is 2.13. The summed E-state index contributed by atoms with van der Waals surface area (Å²) in [5.41, 5.74) is 5.27. The van der Waals surface area contributed by atoms with Gasteiger partial charge in [0, 0.05) is 19.6 Å². The Morgan fingerprint density at radius 3 is 2.50 bits per heavy atom. The van der Waals surface area contributed by atoms with Crippen LogP contribution in [0.15, 0.2) is 35.2 Å². The summed E-state index contributed by atoms with van der Waals surface area (Å²) in [6, 6.07) is 8.07. The normalized spacial score (nSPS) is 11.6. The minimum atomic E-state index is -3.62. The van der Waals surface area contributed by atoms with Crippen molar-refractivity contribution in [2.75, 3.05) is 26.2 Å². The van der Waals surface area contributed by atoms with E-state index in [1.807, 2.05) is 0 Å². The van der Waals surface area contributed by atoms with E-state index in [0.29, 0.717) is 19.6 Å². The largest absolute Gasteiger partial charge is 0.329 e. The number of nitrogens with two attached hydrogens (primary N) is 1. The fraction of sp³-hybridized carbons (Fsp3) is 0.400. The molecule has 1 aromatic rings. The van der Waals surface area contributed by atoms with Gasteiger partial charge in [0.05, 0.1) is 11.5 Å². The standard InChI is InChI=1S/C10H16N2O3S/c11-6-7-12-8-9-15-16(13,14)10-4-2-1-3-5-10/h1-5,12H,6-9,11H2. The molecule has 0 aliphatic heterocycles. The van der Waals surface area contributed by atoms with Gasteiger partial charge in [-0.15, -0.1) is 0 Å². The second-order valence-electron chi connectivity index (χ2n) is 3.13. The van der Waals surface area contributed by atoms with Gasteiger partial charge in [0.25, 0.3) is 10.1 Å². The lowest BCUT2D eigenvalue weighted by Gasteiger charge is -2.05. The predicted octanol–water partition coefficient (Wildman–Crippen LogP) is -0.0598. The van der Waals surface area contributed by atoms with Gasteiger partial charge in [-0.2, -0.15) is 8.42 Å². The Balaban J connectivity index is 2.41. The van der Waals surface area contributed by atoms with Gasteiger partial charge < -0.3 is 11.1 Å². The average Bonchev–Trinajstić information content (AvgIpc) is 2.30. The summed E-state index contributed by atoms with van der Waals surface area (Å²) in [4.78, 5) is 0.175. The molecule has 6 heteroatoms. The van der Waals surface area contributed by atoms with Crippen LogP contribution < -0.4 is 11.1 Å². The molecule has 0 bridgehead atoms. The molecule has 0 aliphatic rings. The summed E-state index contributed by atoms with van der Waals surface area (Å²) in [6.45, 7) is 1.74. The van der Waals surface area contributed by atoms with Gasteiger partial charge in [0.15, 0.2) is 0 Å². The maximum Gasteiger partial charge on any atom is 0.297 e. The smallest absolute Gasteiger partial charge is 0.297 e. The van der Waals surface area contributed by atoms with Gasteiger partial charge in [0.1, 0.15) is 0 Å². The van der Waals surface area contributed by atoms with Crippen molar-refractivity contribution in [1.29, 1.82) is 0 Å². The number of benzene rings is 1. The lowest BCUT2D eigenvalue weighted by atomic mass is 10.4. The van der Waals surface area contributed by atoms with Crippen molar-refractivity contribution in [3.05, 3.63) is 30.3 Å². The van der Waals surface area contributed by atoms with E-state index in [1.54, 1.807) is 18.2 Å². The van der Waals surface area contributed by atoms with Crippen molar-refractivity contribution in [3.8, 4) is 0 Å². The van der Waals surface area contributed by atoms with Crippen LogP contribution in [0.4, 0.5) is 0 Å². The zero-order valence-corrected chi connectivity index (χ0v) is 9.74. The van der Waals surface area contributed by atoms with E-state index in [0.717, 1.165) is 0 Å². The van der Waals surface area contributed by atoms with Crippen molar-refractivity contribution in [3.63, 3.8) is 0 Å². The molecular formula is C10H16N2O3S. The van der Waals surface area contributed by atoms with Crippen LogP contribution in [0.2, 0.25) is 0 Å². The molecule has 5 nitrogen and oxygen atoms in total. The number of rotatable bonds is 7. The van der Waals surface area contributed by atoms with Crippen molar-refractivity contribution in [2.45, 2.75) is 4.90 Å². The van der Waals surface area contributed by atoms with Gasteiger partial charge >= 0.3 is 0 Å². The number of hydrogen-bond donors (Lipinski definition) is 2. The van der Waals surface area contributed by atoms with E-state index in [2.05, 4.69) is 5.32 Å². The van der Waals surface area contributed by atoms with Crippen molar-refractivity contribution < 1.29 is 12.6 Å². The van der Waals surface area contributed by atoms with Gasteiger partial charge in [0.2, 0.25) is 0 Å². The number of hydrogen-bond acceptors (Lipinski definition) is 5. The molecule has 0 amide bonds. The molecule has 0 spiro atoms. The minimum Gasteiger partial charge on any atom is -0.329 e. The Kier molecular flexibility index (Phi) is 5.41. The van der Waals surface area contributed by atoms with E-state index in [1.165, 1.54) is 12.1 Å².